The summed E-state index contributed by atoms with van der Waals surface area (Å²) in [5.41, 5.74) is 0. The number of piperidine rings is 1. The van der Waals surface area contributed by atoms with Crippen LogP contribution < -0.4 is 10.1 Å². The van der Waals surface area contributed by atoms with Crippen molar-refractivity contribution in [2.45, 2.75) is 18.9 Å². The number of rotatable bonds is 4. The third-order valence-corrected chi connectivity index (χ3v) is 4.16. The second-order valence-corrected chi connectivity index (χ2v) is 5.36. The molecule has 1 aromatic rings. The van der Waals surface area contributed by atoms with Crippen LogP contribution in [0.4, 0.5) is 0 Å². The number of hydrogen-bond donors (Lipinski definition) is 1. The maximum atomic E-state index is 5.76. The molecule has 98 valence electrons. The second-order valence-electron chi connectivity index (χ2n) is 5.36. The molecule has 1 N–H and O–H groups in total. The molecule has 1 aromatic carbocycles. The molecule has 0 aliphatic carbocycles. The molecular weight excluding hydrogens is 224 g/mol. The topological polar surface area (TPSA) is 24.5 Å². The van der Waals surface area contributed by atoms with Crippen LogP contribution in [0.2, 0.25) is 0 Å². The number of hydrogen-bond acceptors (Lipinski definition) is 3. The van der Waals surface area contributed by atoms with Crippen molar-refractivity contribution in [3.8, 4) is 5.75 Å². The molecular formula is C15H22N2O. The molecule has 2 unspecified atom stereocenters. The van der Waals surface area contributed by atoms with Crippen LogP contribution in [-0.2, 0) is 0 Å². The lowest BCUT2D eigenvalue weighted by atomic mass is 9.93. The van der Waals surface area contributed by atoms with Crippen molar-refractivity contribution in [1.82, 2.24) is 10.2 Å². The van der Waals surface area contributed by atoms with E-state index in [9.17, 15) is 0 Å². The van der Waals surface area contributed by atoms with Crippen LogP contribution in [0.3, 0.4) is 0 Å². The normalized spacial score (nSPS) is 28.0. The monoisotopic (exact) mass is 246 g/mol. The molecule has 0 radical (unpaired) electrons. The van der Waals surface area contributed by atoms with Gasteiger partial charge in [0.2, 0.25) is 0 Å². The van der Waals surface area contributed by atoms with E-state index in [1.165, 1.54) is 32.5 Å². The molecule has 0 spiro atoms. The largest absolute Gasteiger partial charge is 0.492 e. The first-order valence-electron chi connectivity index (χ1n) is 7.05. The quantitative estimate of drug-likeness (QED) is 0.876. The lowest BCUT2D eigenvalue weighted by Crippen LogP contribution is -2.45. The summed E-state index contributed by atoms with van der Waals surface area (Å²) in [6.07, 6.45) is 2.65. The maximum absolute atomic E-state index is 5.76. The summed E-state index contributed by atoms with van der Waals surface area (Å²) in [5.74, 6) is 1.85. The van der Waals surface area contributed by atoms with Crippen LogP contribution in [0, 0.1) is 5.92 Å². The van der Waals surface area contributed by atoms with Gasteiger partial charge in [-0.3, -0.25) is 4.90 Å². The molecule has 2 heterocycles. The summed E-state index contributed by atoms with van der Waals surface area (Å²) in [5, 5.41) is 3.60. The van der Waals surface area contributed by atoms with Crippen molar-refractivity contribution >= 4 is 0 Å². The van der Waals surface area contributed by atoms with Gasteiger partial charge in [-0.05, 0) is 44.0 Å². The van der Waals surface area contributed by atoms with Crippen LogP contribution in [0.5, 0.6) is 5.75 Å². The van der Waals surface area contributed by atoms with E-state index >= 15 is 0 Å². The molecule has 2 aliphatic rings. The molecule has 0 saturated carbocycles. The molecule has 18 heavy (non-hydrogen) atoms. The van der Waals surface area contributed by atoms with Crippen LogP contribution in [-0.4, -0.2) is 43.7 Å². The number of fused-ring (bicyclic) bond motifs is 1. The first-order valence-corrected chi connectivity index (χ1v) is 7.05. The van der Waals surface area contributed by atoms with Crippen molar-refractivity contribution < 1.29 is 4.74 Å². The number of benzene rings is 1. The van der Waals surface area contributed by atoms with Gasteiger partial charge in [0.15, 0.2) is 0 Å². The molecule has 0 amide bonds. The van der Waals surface area contributed by atoms with E-state index in [0.29, 0.717) is 0 Å². The minimum Gasteiger partial charge on any atom is -0.492 e. The van der Waals surface area contributed by atoms with Gasteiger partial charge in [-0.25, -0.2) is 0 Å². The van der Waals surface area contributed by atoms with Gasteiger partial charge in [0.05, 0.1) is 0 Å². The maximum Gasteiger partial charge on any atom is 0.119 e. The number of nitrogens with zero attached hydrogens (tertiary/aromatic N) is 1. The molecule has 2 fully saturated rings. The minimum atomic E-state index is 0.788. The van der Waals surface area contributed by atoms with Gasteiger partial charge >= 0.3 is 0 Å². The highest BCUT2D eigenvalue weighted by Crippen LogP contribution is 2.24. The van der Waals surface area contributed by atoms with Gasteiger partial charge < -0.3 is 10.1 Å². The number of ether oxygens (including phenoxy) is 1. The standard InChI is InChI=1S/C15H22N2O/c1-2-4-14(5-3-1)18-11-10-17-9-7-15-13(12-17)6-8-16-15/h1-5,13,15-16H,6-12H2. The van der Waals surface area contributed by atoms with Gasteiger partial charge in [-0.15, -0.1) is 0 Å². The summed E-state index contributed by atoms with van der Waals surface area (Å²) >= 11 is 0. The Hall–Kier alpha value is -1.06. The number of nitrogens with one attached hydrogen (secondary N) is 1. The molecule has 2 atom stereocenters. The SMILES string of the molecule is c1ccc(OCCN2CCC3NCCC3C2)cc1. The Kier molecular flexibility index (Phi) is 3.81. The Labute approximate surface area is 109 Å². The fraction of sp³-hybridized carbons (Fsp3) is 0.600. The lowest BCUT2D eigenvalue weighted by molar-refractivity contribution is 0.138. The number of likely N-dealkylation sites (tertiary alicyclic amines) is 1. The zero-order valence-electron chi connectivity index (χ0n) is 10.8. The summed E-state index contributed by atoms with van der Waals surface area (Å²) in [6, 6.07) is 10.9. The average Bonchev–Trinajstić information content (AvgIpc) is 2.87. The highest BCUT2D eigenvalue weighted by molar-refractivity contribution is 5.20. The lowest BCUT2D eigenvalue weighted by Gasteiger charge is -2.34. The Morgan fingerprint density at radius 1 is 1.22 bits per heavy atom. The molecule has 0 bridgehead atoms. The van der Waals surface area contributed by atoms with Crippen molar-refractivity contribution in [3.05, 3.63) is 30.3 Å². The predicted molar refractivity (Wildman–Crippen MR) is 72.9 cm³/mol. The van der Waals surface area contributed by atoms with Gasteiger partial charge in [0.1, 0.15) is 12.4 Å². The zero-order valence-corrected chi connectivity index (χ0v) is 10.8. The molecule has 3 heteroatoms. The average molecular weight is 246 g/mol. The van der Waals surface area contributed by atoms with E-state index in [-0.39, 0.29) is 0 Å². The van der Waals surface area contributed by atoms with Crippen LogP contribution in [0.15, 0.2) is 30.3 Å². The van der Waals surface area contributed by atoms with Crippen LogP contribution in [0.1, 0.15) is 12.8 Å². The van der Waals surface area contributed by atoms with Gasteiger partial charge in [0, 0.05) is 19.1 Å². The summed E-state index contributed by atoms with van der Waals surface area (Å²) in [6.45, 7) is 5.53. The third kappa shape index (κ3) is 2.85. The minimum absolute atomic E-state index is 0.788. The Balaban J connectivity index is 1.41. The van der Waals surface area contributed by atoms with Crippen molar-refractivity contribution in [1.29, 1.82) is 0 Å². The van der Waals surface area contributed by atoms with Gasteiger partial charge in [-0.2, -0.15) is 0 Å². The smallest absolute Gasteiger partial charge is 0.119 e. The second kappa shape index (κ2) is 5.72. The Morgan fingerprint density at radius 3 is 3.00 bits per heavy atom. The van der Waals surface area contributed by atoms with Crippen LogP contribution in [0.25, 0.3) is 0 Å². The fourth-order valence-electron chi connectivity index (χ4n) is 3.14. The van der Waals surface area contributed by atoms with Crippen LogP contribution >= 0.6 is 0 Å². The van der Waals surface area contributed by atoms with E-state index in [1.54, 1.807) is 0 Å². The Bertz CT molecular complexity index is 368. The van der Waals surface area contributed by atoms with E-state index in [4.69, 9.17) is 4.74 Å². The van der Waals surface area contributed by atoms with Gasteiger partial charge in [-0.1, -0.05) is 18.2 Å². The van der Waals surface area contributed by atoms with Gasteiger partial charge in [0.25, 0.3) is 0 Å². The molecule has 2 aliphatic heterocycles. The number of para-hydroxylation sites is 1. The van der Waals surface area contributed by atoms with E-state index in [1.807, 2.05) is 30.3 Å². The summed E-state index contributed by atoms with van der Waals surface area (Å²) < 4.78 is 5.76. The zero-order chi connectivity index (χ0) is 12.2. The highest BCUT2D eigenvalue weighted by Gasteiger charge is 2.32. The van der Waals surface area contributed by atoms with E-state index in [2.05, 4.69) is 10.2 Å². The molecule has 0 aromatic heterocycles. The van der Waals surface area contributed by atoms with E-state index in [0.717, 1.165) is 30.9 Å². The van der Waals surface area contributed by atoms with E-state index < -0.39 is 0 Å². The summed E-state index contributed by atoms with van der Waals surface area (Å²) in [7, 11) is 0. The predicted octanol–water partition coefficient (Wildman–Crippen LogP) is 1.75. The van der Waals surface area contributed by atoms with Crippen molar-refractivity contribution in [2.24, 2.45) is 5.92 Å². The first-order chi connectivity index (χ1) is 8.92. The van der Waals surface area contributed by atoms with Crippen molar-refractivity contribution in [3.63, 3.8) is 0 Å². The summed E-state index contributed by atoms with van der Waals surface area (Å²) in [4.78, 5) is 2.55. The van der Waals surface area contributed by atoms with Crippen molar-refractivity contribution in [2.75, 3.05) is 32.8 Å². The highest BCUT2D eigenvalue weighted by atomic mass is 16.5. The Morgan fingerprint density at radius 2 is 2.11 bits per heavy atom. The molecule has 3 nitrogen and oxygen atoms in total. The third-order valence-electron chi connectivity index (χ3n) is 4.16. The molecule has 2 saturated heterocycles. The fourth-order valence-corrected chi connectivity index (χ4v) is 3.14. The molecule has 3 rings (SSSR count). The first kappa shape index (κ1) is 12.0.